The van der Waals surface area contributed by atoms with E-state index in [0.717, 1.165) is 11.6 Å². The average molecular weight is 280 g/mol. The third-order valence-corrected chi connectivity index (χ3v) is 3.37. The average Bonchev–Trinajstić information content (AvgIpc) is 2.24. The van der Waals surface area contributed by atoms with Crippen molar-refractivity contribution in [1.29, 1.82) is 0 Å². The van der Waals surface area contributed by atoms with Crippen LogP contribution in [-0.2, 0) is 0 Å². The largest absolute Gasteiger partial charge is 0.308 e. The van der Waals surface area contributed by atoms with Crippen molar-refractivity contribution in [2.45, 2.75) is 47.1 Å². The van der Waals surface area contributed by atoms with E-state index in [1.54, 1.807) is 0 Å². The van der Waals surface area contributed by atoms with Gasteiger partial charge in [0, 0.05) is 17.1 Å². The molecule has 1 N–H and O–H groups in total. The fourth-order valence-corrected chi connectivity index (χ4v) is 2.02. The summed E-state index contributed by atoms with van der Waals surface area (Å²) in [7, 11) is 0. The highest BCUT2D eigenvalue weighted by atomic mass is 35.5. The molecular formula is C17H26ClN. The number of nitrogens with one attached hydrogen (secondary N) is 1. The van der Waals surface area contributed by atoms with Crippen molar-refractivity contribution in [1.82, 2.24) is 5.32 Å². The molecule has 0 aliphatic rings. The molecule has 0 saturated carbocycles. The second-order valence-electron chi connectivity index (χ2n) is 6.48. The molecule has 0 bridgehead atoms. The lowest BCUT2D eigenvalue weighted by Gasteiger charge is -2.23. The molecule has 19 heavy (non-hydrogen) atoms. The Labute approximate surface area is 123 Å². The van der Waals surface area contributed by atoms with Crippen LogP contribution in [0.25, 0.3) is 6.08 Å². The van der Waals surface area contributed by atoms with Gasteiger partial charge in [0.05, 0.1) is 0 Å². The number of halogens is 1. The van der Waals surface area contributed by atoms with E-state index in [1.807, 2.05) is 12.1 Å². The molecule has 2 heteroatoms. The van der Waals surface area contributed by atoms with Crippen LogP contribution in [0.2, 0.25) is 5.02 Å². The molecule has 106 valence electrons. The van der Waals surface area contributed by atoms with Gasteiger partial charge in [-0.2, -0.15) is 0 Å². The zero-order valence-corrected chi connectivity index (χ0v) is 13.7. The molecule has 0 aliphatic carbocycles. The minimum atomic E-state index is 0.142. The van der Waals surface area contributed by atoms with Crippen LogP contribution in [-0.4, -0.2) is 12.1 Å². The van der Waals surface area contributed by atoms with Crippen LogP contribution in [0.5, 0.6) is 0 Å². The zero-order chi connectivity index (χ0) is 14.6. The SMILES string of the molecule is Cc1cc(Cl)ccc1/C=C(\CNC(C)(C)C)C(C)C. The standard InChI is InChI=1S/C17H26ClN/c1-12(2)15(11-19-17(4,5)6)10-14-7-8-16(18)9-13(14)3/h7-10,12,19H,11H2,1-6H3/b15-10+. The molecule has 0 spiro atoms. The smallest absolute Gasteiger partial charge is 0.0409 e. The predicted octanol–water partition coefficient (Wildman–Crippen LogP) is 5.08. The summed E-state index contributed by atoms with van der Waals surface area (Å²) in [6.45, 7) is 14.1. The summed E-state index contributed by atoms with van der Waals surface area (Å²) in [4.78, 5) is 0. The summed E-state index contributed by atoms with van der Waals surface area (Å²) in [6, 6.07) is 6.06. The van der Waals surface area contributed by atoms with Crippen molar-refractivity contribution < 1.29 is 0 Å². The normalized spacial score (nSPS) is 13.2. The van der Waals surface area contributed by atoms with Crippen LogP contribution in [0, 0.1) is 12.8 Å². The Hall–Kier alpha value is -0.790. The molecule has 0 aliphatic heterocycles. The van der Waals surface area contributed by atoms with Crippen molar-refractivity contribution in [3.8, 4) is 0 Å². The van der Waals surface area contributed by atoms with Crippen LogP contribution in [0.15, 0.2) is 23.8 Å². The van der Waals surface area contributed by atoms with E-state index in [9.17, 15) is 0 Å². The molecule has 0 unspecified atom stereocenters. The first-order valence-corrected chi connectivity index (χ1v) is 7.28. The summed E-state index contributed by atoms with van der Waals surface area (Å²) in [5.41, 5.74) is 4.04. The van der Waals surface area contributed by atoms with E-state index < -0.39 is 0 Å². The molecule has 0 fully saturated rings. The first kappa shape index (κ1) is 16.3. The summed E-state index contributed by atoms with van der Waals surface area (Å²) in [5, 5.41) is 4.36. The minimum Gasteiger partial charge on any atom is -0.308 e. The molecule has 0 amide bonds. The van der Waals surface area contributed by atoms with E-state index in [2.05, 4.69) is 59.0 Å². The van der Waals surface area contributed by atoms with Crippen LogP contribution in [0.1, 0.15) is 45.7 Å². The van der Waals surface area contributed by atoms with Gasteiger partial charge in [0.2, 0.25) is 0 Å². The highest BCUT2D eigenvalue weighted by molar-refractivity contribution is 6.30. The van der Waals surface area contributed by atoms with Gasteiger partial charge in [-0.05, 0) is 56.9 Å². The maximum absolute atomic E-state index is 6.00. The molecule has 0 heterocycles. The summed E-state index contributed by atoms with van der Waals surface area (Å²) < 4.78 is 0. The molecule has 1 aromatic carbocycles. The van der Waals surface area contributed by atoms with Crippen molar-refractivity contribution in [3.05, 3.63) is 39.9 Å². The third kappa shape index (κ3) is 5.80. The quantitative estimate of drug-likeness (QED) is 0.811. The number of aryl methyl sites for hydroxylation is 1. The maximum atomic E-state index is 6.00. The number of hydrogen-bond acceptors (Lipinski definition) is 1. The molecule has 1 nitrogen and oxygen atoms in total. The van der Waals surface area contributed by atoms with Gasteiger partial charge in [-0.3, -0.25) is 0 Å². The topological polar surface area (TPSA) is 12.0 Å². The first-order chi connectivity index (χ1) is 8.69. The second-order valence-corrected chi connectivity index (χ2v) is 6.91. The van der Waals surface area contributed by atoms with E-state index in [4.69, 9.17) is 11.6 Å². The molecule has 0 radical (unpaired) electrons. The Bertz CT molecular complexity index is 453. The van der Waals surface area contributed by atoms with E-state index in [-0.39, 0.29) is 5.54 Å². The third-order valence-electron chi connectivity index (χ3n) is 3.14. The second kappa shape index (κ2) is 6.58. The highest BCUT2D eigenvalue weighted by Crippen LogP contribution is 2.20. The van der Waals surface area contributed by atoms with Gasteiger partial charge in [0.15, 0.2) is 0 Å². The van der Waals surface area contributed by atoms with Crippen LogP contribution < -0.4 is 5.32 Å². The first-order valence-electron chi connectivity index (χ1n) is 6.90. The maximum Gasteiger partial charge on any atom is 0.0409 e. The van der Waals surface area contributed by atoms with E-state index in [1.165, 1.54) is 16.7 Å². The molecule has 0 atom stereocenters. The molecule has 0 aromatic heterocycles. The van der Waals surface area contributed by atoms with Gasteiger partial charge in [0.1, 0.15) is 0 Å². The van der Waals surface area contributed by atoms with Crippen molar-refractivity contribution in [2.75, 3.05) is 6.54 Å². The lowest BCUT2D eigenvalue weighted by molar-refractivity contribution is 0.437. The number of rotatable bonds is 4. The highest BCUT2D eigenvalue weighted by Gasteiger charge is 2.11. The fourth-order valence-electron chi connectivity index (χ4n) is 1.79. The Morgan fingerprint density at radius 1 is 1.32 bits per heavy atom. The molecule has 1 rings (SSSR count). The van der Waals surface area contributed by atoms with Gasteiger partial charge in [-0.1, -0.05) is 43.2 Å². The van der Waals surface area contributed by atoms with Crippen LogP contribution in [0.3, 0.4) is 0 Å². The molecule has 0 saturated heterocycles. The van der Waals surface area contributed by atoms with Crippen molar-refractivity contribution in [3.63, 3.8) is 0 Å². The Kier molecular flexibility index (Phi) is 5.64. The fraction of sp³-hybridized carbons (Fsp3) is 0.529. The van der Waals surface area contributed by atoms with Gasteiger partial charge >= 0.3 is 0 Å². The lowest BCUT2D eigenvalue weighted by Crippen LogP contribution is -2.37. The minimum absolute atomic E-state index is 0.142. The summed E-state index contributed by atoms with van der Waals surface area (Å²) in [6.07, 6.45) is 2.29. The lowest BCUT2D eigenvalue weighted by atomic mass is 9.97. The van der Waals surface area contributed by atoms with Gasteiger partial charge in [-0.25, -0.2) is 0 Å². The molecule has 1 aromatic rings. The Morgan fingerprint density at radius 3 is 2.42 bits per heavy atom. The Balaban J connectivity index is 2.95. The van der Waals surface area contributed by atoms with Crippen LogP contribution >= 0.6 is 11.6 Å². The van der Waals surface area contributed by atoms with Crippen molar-refractivity contribution in [2.24, 2.45) is 5.92 Å². The van der Waals surface area contributed by atoms with E-state index >= 15 is 0 Å². The monoisotopic (exact) mass is 279 g/mol. The Morgan fingerprint density at radius 2 is 1.95 bits per heavy atom. The number of benzene rings is 1. The predicted molar refractivity (Wildman–Crippen MR) is 86.8 cm³/mol. The van der Waals surface area contributed by atoms with Gasteiger partial charge < -0.3 is 5.32 Å². The summed E-state index contributed by atoms with van der Waals surface area (Å²) >= 11 is 6.00. The zero-order valence-electron chi connectivity index (χ0n) is 13.0. The summed E-state index contributed by atoms with van der Waals surface area (Å²) in [5.74, 6) is 0.532. The van der Waals surface area contributed by atoms with E-state index in [0.29, 0.717) is 5.92 Å². The van der Waals surface area contributed by atoms with Gasteiger partial charge in [0.25, 0.3) is 0 Å². The molecular weight excluding hydrogens is 254 g/mol. The number of hydrogen-bond donors (Lipinski definition) is 1. The van der Waals surface area contributed by atoms with Crippen LogP contribution in [0.4, 0.5) is 0 Å². The van der Waals surface area contributed by atoms with Crippen molar-refractivity contribution >= 4 is 17.7 Å². The van der Waals surface area contributed by atoms with Gasteiger partial charge in [-0.15, -0.1) is 0 Å².